The molecule has 0 bridgehead atoms. The van der Waals surface area contributed by atoms with Gasteiger partial charge in [0.05, 0.1) is 0 Å². The van der Waals surface area contributed by atoms with Gasteiger partial charge in [-0.05, 0) is 25.2 Å². The third-order valence-electron chi connectivity index (χ3n) is 3.36. The molecule has 1 atom stereocenters. The number of hydrogen-bond acceptors (Lipinski definition) is 4. The number of thioether (sulfide) groups is 2. The smallest absolute Gasteiger partial charge is 0.160 e. The number of hydrogen-bond donors (Lipinski definition) is 1. The molecule has 0 radical (unpaired) electrons. The van der Waals surface area contributed by atoms with Crippen molar-refractivity contribution in [3.8, 4) is 0 Å². The number of rotatable bonds is 6. The van der Waals surface area contributed by atoms with Gasteiger partial charge in [0.15, 0.2) is 5.78 Å². The summed E-state index contributed by atoms with van der Waals surface area (Å²) in [5.41, 5.74) is 6.26. The van der Waals surface area contributed by atoms with Crippen LogP contribution in [0.15, 0.2) is 0 Å². The Morgan fingerprint density at radius 2 is 2.06 bits per heavy atom. The maximum Gasteiger partial charge on any atom is 0.160 e. The van der Waals surface area contributed by atoms with Gasteiger partial charge >= 0.3 is 0 Å². The van der Waals surface area contributed by atoms with Crippen molar-refractivity contribution in [1.29, 1.82) is 0 Å². The summed E-state index contributed by atoms with van der Waals surface area (Å²) in [6.45, 7) is 2.14. The Kier molecular flexibility index (Phi) is 4.25. The molecule has 1 aliphatic carbocycles. The highest BCUT2D eigenvalue weighted by Crippen LogP contribution is 2.49. The Hall–Kier alpha value is 0.330. The topological polar surface area (TPSA) is 43.1 Å². The molecule has 2 aliphatic rings. The zero-order valence-corrected chi connectivity index (χ0v) is 11.5. The average molecular weight is 259 g/mol. The van der Waals surface area contributed by atoms with Crippen LogP contribution in [0.2, 0.25) is 0 Å². The Morgan fingerprint density at radius 1 is 1.44 bits per heavy atom. The SMILES string of the molecule is CCCC(N)C1(C(=O)CC2CC2)SCCS1. The van der Waals surface area contributed by atoms with Crippen molar-refractivity contribution >= 4 is 29.3 Å². The summed E-state index contributed by atoms with van der Waals surface area (Å²) >= 11 is 3.61. The maximum absolute atomic E-state index is 12.4. The zero-order chi connectivity index (χ0) is 11.6. The number of Topliss-reactive ketones (excluding diaryl/α,β-unsaturated/α-hetero) is 1. The molecule has 4 heteroatoms. The summed E-state index contributed by atoms with van der Waals surface area (Å²) in [6, 6.07) is 0.0428. The van der Waals surface area contributed by atoms with Gasteiger partial charge in [0, 0.05) is 24.0 Å². The summed E-state index contributed by atoms with van der Waals surface area (Å²) in [4.78, 5) is 12.4. The molecule has 0 spiro atoms. The lowest BCUT2D eigenvalue weighted by Gasteiger charge is -2.32. The Bertz CT molecular complexity index is 260. The van der Waals surface area contributed by atoms with E-state index in [1.54, 1.807) is 23.5 Å². The minimum Gasteiger partial charge on any atom is -0.325 e. The van der Waals surface area contributed by atoms with E-state index in [4.69, 9.17) is 5.73 Å². The lowest BCUT2D eigenvalue weighted by molar-refractivity contribution is -0.120. The summed E-state index contributed by atoms with van der Waals surface area (Å²) in [7, 11) is 0. The molecule has 1 saturated heterocycles. The normalized spacial score (nSPS) is 25.6. The van der Waals surface area contributed by atoms with Crippen LogP contribution in [0.1, 0.15) is 39.0 Å². The minimum atomic E-state index is -0.293. The molecule has 2 fully saturated rings. The predicted molar refractivity (Wildman–Crippen MR) is 72.9 cm³/mol. The fourth-order valence-electron chi connectivity index (χ4n) is 2.24. The van der Waals surface area contributed by atoms with Gasteiger partial charge in [-0.3, -0.25) is 4.79 Å². The molecule has 1 aliphatic heterocycles. The van der Waals surface area contributed by atoms with Crippen LogP contribution >= 0.6 is 23.5 Å². The fourth-order valence-corrected chi connectivity index (χ4v) is 5.50. The third-order valence-corrected chi connectivity index (χ3v) is 7.06. The average Bonchev–Trinajstić information content (AvgIpc) is 2.94. The van der Waals surface area contributed by atoms with Crippen molar-refractivity contribution in [3.63, 3.8) is 0 Å². The van der Waals surface area contributed by atoms with E-state index in [2.05, 4.69) is 6.92 Å². The maximum atomic E-state index is 12.4. The van der Waals surface area contributed by atoms with Gasteiger partial charge in [-0.1, -0.05) is 13.3 Å². The highest BCUT2D eigenvalue weighted by atomic mass is 32.2. The summed E-state index contributed by atoms with van der Waals surface area (Å²) in [5.74, 6) is 3.26. The molecule has 2 nitrogen and oxygen atoms in total. The lowest BCUT2D eigenvalue weighted by atomic mass is 10.0. The van der Waals surface area contributed by atoms with Crippen LogP contribution in [0.25, 0.3) is 0 Å². The van der Waals surface area contributed by atoms with Crippen molar-refractivity contribution in [1.82, 2.24) is 0 Å². The van der Waals surface area contributed by atoms with Gasteiger partial charge in [-0.15, -0.1) is 23.5 Å². The number of nitrogens with two attached hydrogens (primary N) is 1. The van der Waals surface area contributed by atoms with Crippen LogP contribution in [0.3, 0.4) is 0 Å². The van der Waals surface area contributed by atoms with Crippen LogP contribution in [-0.4, -0.2) is 27.4 Å². The van der Waals surface area contributed by atoms with E-state index in [9.17, 15) is 4.79 Å². The van der Waals surface area contributed by atoms with Gasteiger partial charge < -0.3 is 5.73 Å². The molecular formula is C12H21NOS2. The molecule has 1 saturated carbocycles. The summed E-state index contributed by atoms with van der Waals surface area (Å²) in [5, 5.41) is 0. The first-order chi connectivity index (χ1) is 7.69. The first-order valence-electron chi connectivity index (χ1n) is 6.26. The van der Waals surface area contributed by atoms with E-state index in [0.29, 0.717) is 11.7 Å². The Morgan fingerprint density at radius 3 is 2.56 bits per heavy atom. The van der Waals surface area contributed by atoms with Gasteiger partial charge in [0.2, 0.25) is 0 Å². The Balaban J connectivity index is 2.03. The van der Waals surface area contributed by atoms with Crippen molar-refractivity contribution in [2.24, 2.45) is 11.7 Å². The van der Waals surface area contributed by atoms with Crippen molar-refractivity contribution in [3.05, 3.63) is 0 Å². The highest BCUT2D eigenvalue weighted by Gasteiger charge is 2.48. The summed E-state index contributed by atoms with van der Waals surface area (Å²) < 4.78 is -0.293. The second kappa shape index (κ2) is 5.32. The van der Waals surface area contributed by atoms with Gasteiger partial charge in [0.25, 0.3) is 0 Å². The fraction of sp³-hybridized carbons (Fsp3) is 0.917. The zero-order valence-electron chi connectivity index (χ0n) is 9.91. The van der Waals surface area contributed by atoms with E-state index >= 15 is 0 Å². The Labute approximate surface area is 106 Å². The van der Waals surface area contributed by atoms with E-state index in [0.717, 1.165) is 30.8 Å². The van der Waals surface area contributed by atoms with Gasteiger partial charge in [0.1, 0.15) is 4.08 Å². The van der Waals surface area contributed by atoms with Crippen molar-refractivity contribution < 1.29 is 4.79 Å². The molecule has 0 aromatic heterocycles. The molecule has 0 amide bonds. The van der Waals surface area contributed by atoms with E-state index < -0.39 is 0 Å². The third kappa shape index (κ3) is 2.59. The van der Waals surface area contributed by atoms with Crippen LogP contribution in [0.4, 0.5) is 0 Å². The quantitative estimate of drug-likeness (QED) is 0.796. The molecule has 16 heavy (non-hydrogen) atoms. The molecule has 2 N–H and O–H groups in total. The van der Waals surface area contributed by atoms with E-state index in [1.807, 2.05) is 0 Å². The molecule has 2 rings (SSSR count). The minimum absolute atomic E-state index is 0.0428. The van der Waals surface area contributed by atoms with Gasteiger partial charge in [-0.2, -0.15) is 0 Å². The summed E-state index contributed by atoms with van der Waals surface area (Å²) in [6.07, 6.45) is 5.31. The van der Waals surface area contributed by atoms with Gasteiger partial charge in [-0.25, -0.2) is 0 Å². The second-order valence-corrected chi connectivity index (χ2v) is 7.77. The first kappa shape index (κ1) is 12.8. The highest BCUT2D eigenvalue weighted by molar-refractivity contribution is 8.22. The molecule has 1 heterocycles. The molecule has 92 valence electrons. The van der Waals surface area contributed by atoms with Crippen LogP contribution < -0.4 is 5.73 Å². The molecule has 0 aromatic rings. The van der Waals surface area contributed by atoms with Crippen LogP contribution in [0, 0.1) is 5.92 Å². The standard InChI is InChI=1S/C12H21NOS2/c1-2-3-10(13)12(15-6-7-16-12)11(14)8-9-4-5-9/h9-10H,2-8,13H2,1H3. The number of carbonyl (C=O) groups is 1. The van der Waals surface area contributed by atoms with E-state index in [-0.39, 0.29) is 10.1 Å². The van der Waals surface area contributed by atoms with E-state index in [1.165, 1.54) is 12.8 Å². The first-order valence-corrected chi connectivity index (χ1v) is 8.23. The van der Waals surface area contributed by atoms with Crippen LogP contribution in [0.5, 0.6) is 0 Å². The second-order valence-electron chi connectivity index (χ2n) is 4.83. The van der Waals surface area contributed by atoms with Crippen molar-refractivity contribution in [2.45, 2.75) is 49.1 Å². The monoisotopic (exact) mass is 259 g/mol. The number of ketones is 1. The molecule has 0 aromatic carbocycles. The predicted octanol–water partition coefficient (Wildman–Crippen LogP) is 2.66. The van der Waals surface area contributed by atoms with Crippen LogP contribution in [-0.2, 0) is 4.79 Å². The van der Waals surface area contributed by atoms with Crippen molar-refractivity contribution in [2.75, 3.05) is 11.5 Å². The molecule has 1 unspecified atom stereocenters. The largest absolute Gasteiger partial charge is 0.325 e. The molecular weight excluding hydrogens is 238 g/mol. The number of carbonyl (C=O) groups excluding carboxylic acids is 1. The lowest BCUT2D eigenvalue weighted by Crippen LogP contribution is -2.47.